The summed E-state index contributed by atoms with van der Waals surface area (Å²) >= 11 is 2.23. The van der Waals surface area contributed by atoms with E-state index in [2.05, 4.69) is 27.9 Å². The fourth-order valence-corrected chi connectivity index (χ4v) is 2.11. The van der Waals surface area contributed by atoms with E-state index in [1.165, 1.54) is 0 Å². The lowest BCUT2D eigenvalue weighted by Gasteiger charge is -2.21. The zero-order valence-electron chi connectivity index (χ0n) is 9.13. The van der Waals surface area contributed by atoms with E-state index in [4.69, 9.17) is 4.74 Å². The van der Waals surface area contributed by atoms with Crippen molar-refractivity contribution in [2.45, 2.75) is 25.4 Å². The van der Waals surface area contributed by atoms with E-state index in [0.29, 0.717) is 6.61 Å². The molecule has 86 valence electrons. The average Bonchev–Trinajstić information content (AvgIpc) is 2.70. The first-order valence-electron chi connectivity index (χ1n) is 5.31. The Labute approximate surface area is 109 Å². The third kappa shape index (κ3) is 2.55. The predicted octanol–water partition coefficient (Wildman–Crippen LogP) is 2.80. The molecule has 16 heavy (non-hydrogen) atoms. The molecule has 1 saturated heterocycles. The fourth-order valence-electron chi connectivity index (χ4n) is 1.75. The number of benzene rings is 1. The van der Waals surface area contributed by atoms with E-state index in [9.17, 15) is 4.79 Å². The Bertz CT molecular complexity index is 383. The van der Waals surface area contributed by atoms with E-state index in [1.807, 2.05) is 31.2 Å². The number of hydrogen-bond donors (Lipinski definition) is 1. The van der Waals surface area contributed by atoms with Gasteiger partial charge in [0, 0.05) is 15.9 Å². The highest BCUT2D eigenvalue weighted by Crippen LogP contribution is 2.26. The minimum Gasteiger partial charge on any atom is -0.365 e. The Morgan fingerprint density at radius 1 is 1.44 bits per heavy atom. The first-order valence-corrected chi connectivity index (χ1v) is 6.39. The zero-order chi connectivity index (χ0) is 11.6. The van der Waals surface area contributed by atoms with Crippen molar-refractivity contribution in [2.75, 3.05) is 11.9 Å². The minimum absolute atomic E-state index is 0.0498. The van der Waals surface area contributed by atoms with Crippen molar-refractivity contribution in [3.05, 3.63) is 27.8 Å². The molecule has 0 saturated carbocycles. The SMILES string of the molecule is CC1(C(=O)Nc2ccc(I)cc2)CCCO1. The summed E-state index contributed by atoms with van der Waals surface area (Å²) in [4.78, 5) is 12.0. The van der Waals surface area contributed by atoms with E-state index in [0.717, 1.165) is 22.1 Å². The van der Waals surface area contributed by atoms with Crippen LogP contribution in [-0.4, -0.2) is 18.1 Å². The number of hydrogen-bond acceptors (Lipinski definition) is 2. The smallest absolute Gasteiger partial charge is 0.256 e. The third-order valence-corrected chi connectivity index (χ3v) is 3.52. The van der Waals surface area contributed by atoms with Crippen molar-refractivity contribution in [3.63, 3.8) is 0 Å². The predicted molar refractivity (Wildman–Crippen MR) is 71.4 cm³/mol. The Kier molecular flexibility index (Phi) is 3.49. The Hall–Kier alpha value is -0.620. The standard InChI is InChI=1S/C12H14INO2/c1-12(7-2-8-16-12)11(15)14-10-5-3-9(13)4-6-10/h3-6H,2,7-8H2,1H3,(H,14,15). The number of nitrogens with one attached hydrogen (secondary N) is 1. The van der Waals surface area contributed by atoms with Crippen molar-refractivity contribution < 1.29 is 9.53 Å². The molecule has 4 heteroatoms. The summed E-state index contributed by atoms with van der Waals surface area (Å²) in [5, 5.41) is 2.88. The Balaban J connectivity index is 2.04. The van der Waals surface area contributed by atoms with Crippen LogP contribution in [0.15, 0.2) is 24.3 Å². The highest BCUT2D eigenvalue weighted by molar-refractivity contribution is 14.1. The highest BCUT2D eigenvalue weighted by atomic mass is 127. The van der Waals surface area contributed by atoms with Crippen LogP contribution in [0.5, 0.6) is 0 Å². The molecule has 1 N–H and O–H groups in total. The molecule has 1 heterocycles. The van der Waals surface area contributed by atoms with Gasteiger partial charge < -0.3 is 10.1 Å². The molecule has 1 unspecified atom stereocenters. The van der Waals surface area contributed by atoms with Crippen molar-refractivity contribution in [1.29, 1.82) is 0 Å². The maximum Gasteiger partial charge on any atom is 0.256 e. The van der Waals surface area contributed by atoms with Crippen LogP contribution < -0.4 is 5.32 Å². The van der Waals surface area contributed by atoms with Crippen molar-refractivity contribution in [2.24, 2.45) is 0 Å². The van der Waals surface area contributed by atoms with Gasteiger partial charge in [-0.25, -0.2) is 0 Å². The lowest BCUT2D eigenvalue weighted by molar-refractivity contribution is -0.133. The van der Waals surface area contributed by atoms with E-state index < -0.39 is 5.60 Å². The molecule has 0 aliphatic carbocycles. The monoisotopic (exact) mass is 331 g/mol. The Morgan fingerprint density at radius 2 is 2.12 bits per heavy atom. The minimum atomic E-state index is -0.650. The van der Waals surface area contributed by atoms with Gasteiger partial charge in [-0.1, -0.05) is 0 Å². The maximum atomic E-state index is 12.0. The molecule has 0 aromatic heterocycles. The molecule has 1 aliphatic heterocycles. The quantitative estimate of drug-likeness (QED) is 0.847. The molecule has 1 atom stereocenters. The number of halogens is 1. The molecular weight excluding hydrogens is 317 g/mol. The summed E-state index contributed by atoms with van der Waals surface area (Å²) in [5.41, 5.74) is 0.172. The summed E-state index contributed by atoms with van der Waals surface area (Å²) in [6.45, 7) is 2.53. The van der Waals surface area contributed by atoms with E-state index >= 15 is 0 Å². The molecule has 1 aromatic rings. The van der Waals surface area contributed by atoms with Crippen LogP contribution in [-0.2, 0) is 9.53 Å². The first-order chi connectivity index (χ1) is 7.60. The summed E-state index contributed by atoms with van der Waals surface area (Å²) in [6.07, 6.45) is 1.75. The number of rotatable bonds is 2. The Morgan fingerprint density at radius 3 is 2.69 bits per heavy atom. The van der Waals surface area contributed by atoms with Gasteiger partial charge in [0.2, 0.25) is 0 Å². The summed E-state index contributed by atoms with van der Waals surface area (Å²) in [6, 6.07) is 7.73. The maximum absolute atomic E-state index is 12.0. The highest BCUT2D eigenvalue weighted by Gasteiger charge is 2.37. The topological polar surface area (TPSA) is 38.3 Å². The largest absolute Gasteiger partial charge is 0.365 e. The van der Waals surface area contributed by atoms with Gasteiger partial charge in [-0.2, -0.15) is 0 Å². The number of anilines is 1. The van der Waals surface area contributed by atoms with Gasteiger partial charge in [0.1, 0.15) is 5.60 Å². The van der Waals surface area contributed by atoms with Gasteiger partial charge in [-0.3, -0.25) is 4.79 Å². The molecule has 1 aliphatic rings. The molecule has 1 aromatic carbocycles. The third-order valence-electron chi connectivity index (χ3n) is 2.80. The number of carbonyl (C=O) groups excluding carboxylic acids is 1. The molecule has 1 fully saturated rings. The second kappa shape index (κ2) is 4.71. The number of carbonyl (C=O) groups is 1. The van der Waals surface area contributed by atoms with Crippen LogP contribution in [0.2, 0.25) is 0 Å². The second-order valence-corrected chi connectivity index (χ2v) is 5.39. The molecule has 0 radical (unpaired) electrons. The summed E-state index contributed by atoms with van der Waals surface area (Å²) in [7, 11) is 0. The lowest BCUT2D eigenvalue weighted by atomic mass is 10.0. The van der Waals surface area contributed by atoms with Crippen LogP contribution in [0.25, 0.3) is 0 Å². The van der Waals surface area contributed by atoms with Gasteiger partial charge in [-0.05, 0) is 66.6 Å². The molecule has 2 rings (SSSR count). The average molecular weight is 331 g/mol. The van der Waals surface area contributed by atoms with Gasteiger partial charge in [0.05, 0.1) is 0 Å². The van der Waals surface area contributed by atoms with E-state index in [-0.39, 0.29) is 5.91 Å². The van der Waals surface area contributed by atoms with Crippen LogP contribution in [0.4, 0.5) is 5.69 Å². The first kappa shape index (κ1) is 11.9. The van der Waals surface area contributed by atoms with Crippen molar-refractivity contribution in [1.82, 2.24) is 0 Å². The summed E-state index contributed by atoms with van der Waals surface area (Å²) in [5.74, 6) is -0.0498. The summed E-state index contributed by atoms with van der Waals surface area (Å²) < 4.78 is 6.64. The number of amides is 1. The number of ether oxygens (including phenoxy) is 1. The van der Waals surface area contributed by atoms with Gasteiger partial charge >= 0.3 is 0 Å². The normalized spacial score (nSPS) is 24.4. The van der Waals surface area contributed by atoms with Gasteiger partial charge in [0.25, 0.3) is 5.91 Å². The van der Waals surface area contributed by atoms with Crippen LogP contribution in [0.1, 0.15) is 19.8 Å². The molecule has 3 nitrogen and oxygen atoms in total. The van der Waals surface area contributed by atoms with Crippen LogP contribution in [0.3, 0.4) is 0 Å². The van der Waals surface area contributed by atoms with Gasteiger partial charge in [-0.15, -0.1) is 0 Å². The molecule has 0 spiro atoms. The van der Waals surface area contributed by atoms with Gasteiger partial charge in [0.15, 0.2) is 0 Å². The lowest BCUT2D eigenvalue weighted by Crippen LogP contribution is -2.39. The van der Waals surface area contributed by atoms with Crippen molar-refractivity contribution >= 4 is 34.2 Å². The zero-order valence-corrected chi connectivity index (χ0v) is 11.3. The van der Waals surface area contributed by atoms with E-state index in [1.54, 1.807) is 0 Å². The molecule has 1 amide bonds. The fraction of sp³-hybridized carbons (Fsp3) is 0.417. The van der Waals surface area contributed by atoms with Crippen LogP contribution >= 0.6 is 22.6 Å². The van der Waals surface area contributed by atoms with Crippen LogP contribution in [0, 0.1) is 3.57 Å². The molecular formula is C12H14INO2. The molecule has 0 bridgehead atoms. The second-order valence-electron chi connectivity index (χ2n) is 4.14. The van der Waals surface area contributed by atoms with Crippen molar-refractivity contribution in [3.8, 4) is 0 Å².